The predicted molar refractivity (Wildman–Crippen MR) is 92.0 cm³/mol. The summed E-state index contributed by atoms with van der Waals surface area (Å²) in [6.07, 6.45) is 2.62. The first-order valence-electron chi connectivity index (χ1n) is 7.93. The van der Waals surface area contributed by atoms with Crippen LogP contribution >= 0.6 is 0 Å². The van der Waals surface area contributed by atoms with Crippen molar-refractivity contribution in [1.29, 1.82) is 0 Å². The summed E-state index contributed by atoms with van der Waals surface area (Å²) in [5, 5.41) is 0. The molecule has 0 radical (unpaired) electrons. The third-order valence-corrected chi connectivity index (χ3v) is 5.25. The van der Waals surface area contributed by atoms with Gasteiger partial charge >= 0.3 is 5.97 Å². The van der Waals surface area contributed by atoms with Crippen LogP contribution in [0.3, 0.4) is 0 Å². The minimum Gasteiger partial charge on any atom is -0.462 e. The molecular formula is C16H30N2O3Si. The van der Waals surface area contributed by atoms with E-state index in [1.54, 1.807) is 0 Å². The molecule has 1 heterocycles. The number of esters is 1. The van der Waals surface area contributed by atoms with Crippen LogP contribution in [-0.2, 0) is 22.6 Å². The zero-order chi connectivity index (χ0) is 16.8. The van der Waals surface area contributed by atoms with Crippen LogP contribution in [-0.4, -0.2) is 38.4 Å². The largest absolute Gasteiger partial charge is 0.462 e. The summed E-state index contributed by atoms with van der Waals surface area (Å²) in [5.74, 6) is -0.274. The van der Waals surface area contributed by atoms with E-state index in [0.29, 0.717) is 31.9 Å². The van der Waals surface area contributed by atoms with Gasteiger partial charge in [0.05, 0.1) is 12.2 Å². The van der Waals surface area contributed by atoms with Gasteiger partial charge in [-0.2, -0.15) is 0 Å². The summed E-state index contributed by atoms with van der Waals surface area (Å²) in [4.78, 5) is 12.1. The quantitative estimate of drug-likeness (QED) is 0.430. The predicted octanol–water partition coefficient (Wildman–Crippen LogP) is 2.79. The first kappa shape index (κ1) is 18.9. The van der Waals surface area contributed by atoms with Crippen LogP contribution in [0.25, 0.3) is 0 Å². The lowest BCUT2D eigenvalue weighted by Gasteiger charge is -2.16. The molecule has 22 heavy (non-hydrogen) atoms. The highest BCUT2D eigenvalue weighted by atomic mass is 28.3. The van der Waals surface area contributed by atoms with E-state index in [2.05, 4.69) is 19.6 Å². The van der Waals surface area contributed by atoms with Crippen molar-refractivity contribution in [3.63, 3.8) is 0 Å². The Morgan fingerprint density at radius 1 is 1.36 bits per heavy atom. The van der Waals surface area contributed by atoms with Crippen LogP contribution in [0.15, 0.2) is 6.20 Å². The van der Waals surface area contributed by atoms with Crippen LogP contribution in [0.4, 0.5) is 0 Å². The number of aromatic nitrogens is 1. The zero-order valence-corrected chi connectivity index (χ0v) is 15.6. The molecule has 0 aliphatic heterocycles. The molecule has 0 unspecified atom stereocenters. The minimum absolute atomic E-state index is 0.274. The molecule has 6 heteroatoms. The molecule has 1 aromatic rings. The topological polar surface area (TPSA) is 66.5 Å². The number of nitrogens with zero attached hydrogens (tertiary/aromatic N) is 1. The maximum atomic E-state index is 12.1. The third-order valence-electron chi connectivity index (χ3n) is 3.55. The lowest BCUT2D eigenvalue weighted by atomic mass is 10.1. The molecule has 0 saturated carbocycles. The molecule has 0 aromatic carbocycles. The molecule has 1 rings (SSSR count). The van der Waals surface area contributed by atoms with Gasteiger partial charge in [0, 0.05) is 26.6 Å². The average Bonchev–Trinajstić information content (AvgIpc) is 2.71. The smallest absolute Gasteiger partial charge is 0.340 e. The van der Waals surface area contributed by atoms with Gasteiger partial charge in [0.25, 0.3) is 0 Å². The highest BCUT2D eigenvalue weighted by Crippen LogP contribution is 2.19. The van der Waals surface area contributed by atoms with Gasteiger partial charge in [-0.05, 0) is 38.4 Å². The number of hydrogen-bond acceptors (Lipinski definition) is 4. The maximum absolute atomic E-state index is 12.1. The highest BCUT2D eigenvalue weighted by Gasteiger charge is 2.20. The van der Waals surface area contributed by atoms with E-state index in [1.165, 1.54) is 0 Å². The van der Waals surface area contributed by atoms with E-state index in [4.69, 9.17) is 15.2 Å². The Hall–Kier alpha value is -1.11. The third kappa shape index (κ3) is 5.59. The Bertz CT molecular complexity index is 492. The van der Waals surface area contributed by atoms with Gasteiger partial charge in [-0.3, -0.25) is 0 Å². The number of carbonyl (C=O) groups excluding carboxylic acids is 1. The Balaban J connectivity index is 2.79. The lowest BCUT2D eigenvalue weighted by Crippen LogP contribution is -2.22. The van der Waals surface area contributed by atoms with Crippen LogP contribution in [0, 0.1) is 6.92 Å². The molecule has 0 atom stereocenters. The molecular weight excluding hydrogens is 296 g/mol. The molecule has 126 valence electrons. The molecule has 0 fully saturated rings. The van der Waals surface area contributed by atoms with Crippen molar-refractivity contribution in [3.05, 3.63) is 23.0 Å². The fourth-order valence-corrected chi connectivity index (χ4v) is 2.98. The first-order chi connectivity index (χ1) is 10.3. The van der Waals surface area contributed by atoms with Gasteiger partial charge in [-0.25, -0.2) is 4.79 Å². The lowest BCUT2D eigenvalue weighted by molar-refractivity contribution is 0.0522. The van der Waals surface area contributed by atoms with Crippen LogP contribution < -0.4 is 5.73 Å². The SMILES string of the molecule is CCOC(=O)c1c(CCN)cn(COCC[Si](C)(C)C)c1C. The Morgan fingerprint density at radius 3 is 2.59 bits per heavy atom. The summed E-state index contributed by atoms with van der Waals surface area (Å²) in [5.41, 5.74) is 8.11. The van der Waals surface area contributed by atoms with Crippen molar-refractivity contribution in [2.24, 2.45) is 5.73 Å². The Kier molecular flexibility index (Phi) is 7.32. The number of ether oxygens (including phenoxy) is 2. The van der Waals surface area contributed by atoms with Crippen molar-refractivity contribution < 1.29 is 14.3 Å². The molecule has 0 bridgehead atoms. The van der Waals surface area contributed by atoms with E-state index >= 15 is 0 Å². The van der Waals surface area contributed by atoms with Crippen LogP contribution in [0.2, 0.25) is 25.7 Å². The molecule has 0 aliphatic rings. The zero-order valence-electron chi connectivity index (χ0n) is 14.6. The molecule has 2 N–H and O–H groups in total. The second-order valence-electron chi connectivity index (χ2n) is 6.69. The van der Waals surface area contributed by atoms with Gasteiger partial charge in [0.15, 0.2) is 0 Å². The van der Waals surface area contributed by atoms with Crippen LogP contribution in [0.5, 0.6) is 0 Å². The maximum Gasteiger partial charge on any atom is 0.340 e. The van der Waals surface area contributed by atoms with Crippen LogP contribution in [0.1, 0.15) is 28.5 Å². The monoisotopic (exact) mass is 326 g/mol. The van der Waals surface area contributed by atoms with Crippen molar-refractivity contribution in [3.8, 4) is 0 Å². The average molecular weight is 327 g/mol. The van der Waals surface area contributed by atoms with Gasteiger partial charge in [-0.1, -0.05) is 19.6 Å². The van der Waals surface area contributed by atoms with Crippen molar-refractivity contribution >= 4 is 14.0 Å². The second-order valence-corrected chi connectivity index (χ2v) is 12.3. The van der Waals surface area contributed by atoms with E-state index in [1.807, 2.05) is 24.6 Å². The number of carbonyl (C=O) groups is 1. The summed E-state index contributed by atoms with van der Waals surface area (Å²) in [7, 11) is -1.08. The second kappa shape index (κ2) is 8.50. The van der Waals surface area contributed by atoms with Crippen molar-refractivity contribution in [2.45, 2.75) is 52.7 Å². The van der Waals surface area contributed by atoms with Gasteiger partial charge in [0.1, 0.15) is 6.73 Å². The molecule has 5 nitrogen and oxygen atoms in total. The summed E-state index contributed by atoms with van der Waals surface area (Å²) in [6, 6.07) is 1.13. The van der Waals surface area contributed by atoms with Gasteiger partial charge in [0.2, 0.25) is 0 Å². The minimum atomic E-state index is -1.08. The molecule has 1 aromatic heterocycles. The first-order valence-corrected chi connectivity index (χ1v) is 11.6. The number of nitrogens with two attached hydrogens (primary N) is 1. The normalized spacial score (nSPS) is 11.7. The van der Waals surface area contributed by atoms with Gasteiger partial charge in [-0.15, -0.1) is 0 Å². The molecule has 0 aliphatic carbocycles. The summed E-state index contributed by atoms with van der Waals surface area (Å²) in [6.45, 7) is 12.8. The van der Waals surface area contributed by atoms with E-state index in [0.717, 1.165) is 23.9 Å². The standard InChI is InChI=1S/C16H30N2O3Si/c1-6-21-16(19)15-13(2)18(11-14(15)7-8-17)12-20-9-10-22(3,4)5/h11H,6-10,12,17H2,1-5H3. The number of hydrogen-bond donors (Lipinski definition) is 1. The highest BCUT2D eigenvalue weighted by molar-refractivity contribution is 6.76. The Morgan fingerprint density at radius 2 is 2.05 bits per heavy atom. The summed E-state index contributed by atoms with van der Waals surface area (Å²) >= 11 is 0. The van der Waals surface area contributed by atoms with E-state index in [-0.39, 0.29) is 5.97 Å². The number of rotatable bonds is 9. The van der Waals surface area contributed by atoms with Crippen molar-refractivity contribution in [2.75, 3.05) is 19.8 Å². The van der Waals surface area contributed by atoms with Gasteiger partial charge < -0.3 is 19.8 Å². The fraction of sp³-hybridized carbons (Fsp3) is 0.688. The molecule has 0 amide bonds. The summed E-state index contributed by atoms with van der Waals surface area (Å²) < 4.78 is 12.9. The Labute approximate surface area is 134 Å². The fourth-order valence-electron chi connectivity index (χ4n) is 2.23. The van der Waals surface area contributed by atoms with Crippen molar-refractivity contribution in [1.82, 2.24) is 4.57 Å². The molecule has 0 saturated heterocycles. The van der Waals surface area contributed by atoms with E-state index in [9.17, 15) is 4.79 Å². The van der Waals surface area contributed by atoms with E-state index < -0.39 is 8.07 Å². The molecule has 0 spiro atoms.